The molecule has 0 aliphatic carbocycles. The van der Waals surface area contributed by atoms with Crippen molar-refractivity contribution in [2.75, 3.05) is 33.7 Å². The van der Waals surface area contributed by atoms with Crippen LogP contribution in [0.2, 0.25) is 0 Å². The fraction of sp³-hybridized carbons (Fsp3) is 0.688. The fourth-order valence-electron chi connectivity index (χ4n) is 2.88. The molecule has 0 spiro atoms. The van der Waals surface area contributed by atoms with Crippen LogP contribution in [0.25, 0.3) is 0 Å². The van der Waals surface area contributed by atoms with Crippen LogP contribution in [0.15, 0.2) is 10.4 Å². The number of alkyl halides is 3. The Morgan fingerprint density at radius 1 is 1.42 bits per heavy atom. The summed E-state index contributed by atoms with van der Waals surface area (Å²) in [5.74, 6) is 1.17. The second-order valence-corrected chi connectivity index (χ2v) is 7.10. The first-order valence-electron chi connectivity index (χ1n) is 8.51. The van der Waals surface area contributed by atoms with Crippen LogP contribution < -0.4 is 10.6 Å². The Kier molecular flexibility index (Phi) is 7.24. The number of nitrogens with one attached hydrogen (secondary N) is 2. The molecule has 1 amide bonds. The van der Waals surface area contributed by atoms with Crippen molar-refractivity contribution in [2.45, 2.75) is 31.9 Å². The second kappa shape index (κ2) is 9.20. The van der Waals surface area contributed by atoms with Gasteiger partial charge in [-0.05, 0) is 18.8 Å². The van der Waals surface area contributed by atoms with Gasteiger partial charge < -0.3 is 15.5 Å². The van der Waals surface area contributed by atoms with Crippen LogP contribution >= 0.6 is 11.3 Å². The minimum Gasteiger partial charge on any atom is -0.359 e. The summed E-state index contributed by atoms with van der Waals surface area (Å²) in [4.78, 5) is 21.4. The molecule has 0 saturated carbocycles. The van der Waals surface area contributed by atoms with Crippen molar-refractivity contribution < 1.29 is 18.0 Å². The Morgan fingerprint density at radius 3 is 2.65 bits per heavy atom. The van der Waals surface area contributed by atoms with E-state index in [9.17, 15) is 18.0 Å². The first-order chi connectivity index (χ1) is 12.3. The number of rotatable bonds is 5. The maximum absolute atomic E-state index is 12.6. The molecule has 1 aromatic rings. The number of hydrogen-bond acceptors (Lipinski definition) is 4. The van der Waals surface area contributed by atoms with Gasteiger partial charge in [-0.15, -0.1) is 11.3 Å². The van der Waals surface area contributed by atoms with Crippen LogP contribution in [0.4, 0.5) is 13.2 Å². The zero-order chi connectivity index (χ0) is 19.2. The van der Waals surface area contributed by atoms with Gasteiger partial charge in [0.15, 0.2) is 11.7 Å². The lowest BCUT2D eigenvalue weighted by Crippen LogP contribution is -2.46. The average molecular weight is 391 g/mol. The molecule has 2 N–H and O–H groups in total. The summed E-state index contributed by atoms with van der Waals surface area (Å²) in [6, 6.07) is 0. The summed E-state index contributed by atoms with van der Waals surface area (Å²) in [5.41, 5.74) is -0.833. The number of carbonyl (C=O) groups excluding carboxylic acids is 1. The van der Waals surface area contributed by atoms with Crippen molar-refractivity contribution in [3.05, 3.63) is 16.1 Å². The molecule has 26 heavy (non-hydrogen) atoms. The normalized spacial score (nSPS) is 16.7. The van der Waals surface area contributed by atoms with Crippen LogP contribution in [0.5, 0.6) is 0 Å². The van der Waals surface area contributed by atoms with Crippen molar-refractivity contribution in [1.29, 1.82) is 0 Å². The summed E-state index contributed by atoms with van der Waals surface area (Å²) >= 11 is 1.02. The molecular formula is C16H24F3N5OS. The molecule has 1 fully saturated rings. The summed E-state index contributed by atoms with van der Waals surface area (Å²) in [7, 11) is 3.33. The van der Waals surface area contributed by atoms with Crippen molar-refractivity contribution in [2.24, 2.45) is 10.9 Å². The monoisotopic (exact) mass is 391 g/mol. The van der Waals surface area contributed by atoms with E-state index in [1.165, 1.54) is 0 Å². The van der Waals surface area contributed by atoms with Gasteiger partial charge in [-0.25, -0.2) is 4.98 Å². The maximum atomic E-state index is 12.6. The molecule has 1 saturated heterocycles. The highest BCUT2D eigenvalue weighted by atomic mass is 32.1. The number of guanidine groups is 1. The number of amides is 1. The van der Waals surface area contributed by atoms with E-state index in [4.69, 9.17) is 0 Å². The number of piperidine rings is 1. The second-order valence-electron chi connectivity index (χ2n) is 6.16. The van der Waals surface area contributed by atoms with E-state index in [1.54, 1.807) is 14.1 Å². The van der Waals surface area contributed by atoms with Gasteiger partial charge in [-0.3, -0.25) is 9.79 Å². The van der Waals surface area contributed by atoms with Gasteiger partial charge in [0.1, 0.15) is 0 Å². The summed E-state index contributed by atoms with van der Waals surface area (Å²) in [6.45, 7) is 2.07. The third-order valence-electron chi connectivity index (χ3n) is 4.34. The van der Waals surface area contributed by atoms with Crippen molar-refractivity contribution in [3.8, 4) is 0 Å². The third kappa shape index (κ3) is 5.86. The predicted molar refractivity (Wildman–Crippen MR) is 95.2 cm³/mol. The molecule has 1 aliphatic heterocycles. The largest absolute Gasteiger partial charge is 0.434 e. The van der Waals surface area contributed by atoms with Gasteiger partial charge in [0.05, 0.1) is 5.01 Å². The molecular weight excluding hydrogens is 367 g/mol. The third-order valence-corrected chi connectivity index (χ3v) is 5.25. The van der Waals surface area contributed by atoms with Gasteiger partial charge in [0.25, 0.3) is 0 Å². The summed E-state index contributed by atoms with van der Waals surface area (Å²) in [6.07, 6.45) is -1.61. The Bertz CT molecular complexity index is 624. The van der Waals surface area contributed by atoms with E-state index in [1.807, 2.05) is 0 Å². The van der Waals surface area contributed by atoms with Crippen molar-refractivity contribution in [1.82, 2.24) is 20.5 Å². The van der Waals surface area contributed by atoms with Crippen LogP contribution in [0, 0.1) is 5.92 Å². The van der Waals surface area contributed by atoms with E-state index in [2.05, 4.69) is 25.5 Å². The lowest BCUT2D eigenvalue weighted by molar-refractivity contribution is -0.140. The van der Waals surface area contributed by atoms with Gasteiger partial charge >= 0.3 is 6.18 Å². The molecule has 2 rings (SSSR count). The van der Waals surface area contributed by atoms with Gasteiger partial charge in [0, 0.05) is 52.0 Å². The average Bonchev–Trinajstić information content (AvgIpc) is 3.09. The van der Waals surface area contributed by atoms with E-state index in [-0.39, 0.29) is 5.91 Å². The molecule has 2 heterocycles. The number of thiazole rings is 1. The Balaban J connectivity index is 1.76. The van der Waals surface area contributed by atoms with Gasteiger partial charge in [0.2, 0.25) is 5.91 Å². The van der Waals surface area contributed by atoms with Gasteiger partial charge in [-0.1, -0.05) is 0 Å². The van der Waals surface area contributed by atoms with Crippen molar-refractivity contribution >= 4 is 23.2 Å². The lowest BCUT2D eigenvalue weighted by atomic mass is 9.93. The number of nitrogens with zero attached hydrogens (tertiary/aromatic N) is 3. The molecule has 0 bridgehead atoms. The zero-order valence-corrected chi connectivity index (χ0v) is 15.7. The number of aromatic nitrogens is 1. The van der Waals surface area contributed by atoms with Crippen LogP contribution in [-0.2, 0) is 17.4 Å². The first-order valence-corrected chi connectivity index (χ1v) is 9.39. The SMILES string of the molecule is CN=C(NCCc1nc(C(F)(F)F)cs1)N1CCC(CC(=O)NC)CC1. The molecule has 146 valence electrons. The van der Waals surface area contributed by atoms with Gasteiger partial charge in [-0.2, -0.15) is 13.2 Å². The van der Waals surface area contributed by atoms with Crippen LogP contribution in [0.3, 0.4) is 0 Å². The molecule has 1 aromatic heterocycles. The standard InChI is InChI=1S/C16H24F3N5OS/c1-20-13(25)9-11-4-7-24(8-5-11)15(21-2)22-6-3-14-23-12(10-26-14)16(17,18)19/h10-11H,3-9H2,1-2H3,(H,20,25)(H,21,22). The number of halogens is 3. The smallest absolute Gasteiger partial charge is 0.359 e. The molecule has 0 aromatic carbocycles. The first kappa shape index (κ1) is 20.5. The molecule has 0 unspecified atom stereocenters. The Morgan fingerprint density at radius 2 is 2.12 bits per heavy atom. The molecule has 10 heteroatoms. The van der Waals surface area contributed by atoms with E-state index < -0.39 is 11.9 Å². The molecule has 6 nitrogen and oxygen atoms in total. The highest BCUT2D eigenvalue weighted by molar-refractivity contribution is 7.09. The quantitative estimate of drug-likeness (QED) is 0.596. The number of carbonyl (C=O) groups is 1. The molecule has 0 atom stereocenters. The predicted octanol–water partition coefficient (Wildman–Crippen LogP) is 2.13. The molecule has 1 aliphatic rings. The zero-order valence-electron chi connectivity index (χ0n) is 14.9. The lowest BCUT2D eigenvalue weighted by Gasteiger charge is -2.34. The Hall–Kier alpha value is -1.84. The summed E-state index contributed by atoms with van der Waals surface area (Å²) < 4.78 is 37.7. The van der Waals surface area contributed by atoms with Crippen LogP contribution in [-0.4, -0.2) is 55.5 Å². The van der Waals surface area contributed by atoms with E-state index >= 15 is 0 Å². The number of hydrogen-bond donors (Lipinski definition) is 2. The molecule has 0 radical (unpaired) electrons. The summed E-state index contributed by atoms with van der Waals surface area (Å²) in [5, 5.41) is 7.32. The topological polar surface area (TPSA) is 69.6 Å². The highest BCUT2D eigenvalue weighted by Crippen LogP contribution is 2.30. The minimum absolute atomic E-state index is 0.0626. The highest BCUT2D eigenvalue weighted by Gasteiger charge is 2.33. The minimum atomic E-state index is -4.39. The van der Waals surface area contributed by atoms with E-state index in [0.29, 0.717) is 30.3 Å². The van der Waals surface area contributed by atoms with E-state index in [0.717, 1.165) is 48.6 Å². The Labute approximate surface area is 154 Å². The number of likely N-dealkylation sites (tertiary alicyclic amines) is 1. The number of aliphatic imine (C=N–C) groups is 1. The fourth-order valence-corrected chi connectivity index (χ4v) is 3.69. The van der Waals surface area contributed by atoms with Crippen LogP contribution in [0.1, 0.15) is 30.0 Å². The van der Waals surface area contributed by atoms with Crippen molar-refractivity contribution in [3.63, 3.8) is 0 Å². The maximum Gasteiger partial charge on any atom is 0.434 e.